The van der Waals surface area contributed by atoms with E-state index in [1.165, 1.54) is 10.9 Å². The molecule has 3 aliphatic rings. The number of aryl methyl sites for hydroxylation is 1. The summed E-state index contributed by atoms with van der Waals surface area (Å²) in [7, 11) is 2.00. The van der Waals surface area contributed by atoms with Gasteiger partial charge in [0.2, 0.25) is 11.8 Å². The van der Waals surface area contributed by atoms with E-state index in [9.17, 15) is 14.4 Å². The zero-order valence-electron chi connectivity index (χ0n) is 19.9. The first-order chi connectivity index (χ1) is 17.0. The van der Waals surface area contributed by atoms with Crippen molar-refractivity contribution in [3.05, 3.63) is 64.8 Å². The molecule has 0 radical (unpaired) electrons. The number of nitrogens with one attached hydrogen (secondary N) is 1. The number of amides is 3. The standard InChI is InChI=1S/C27H29N5O3/c1-30-23-5-3-2-4-21(23)22(29-30)16-31-12-10-17(11-13-31)18-6-7-20-19(14-18)15-32(27(20)35)24-8-9-25(33)28-26(24)34/h2-7,14,17,24H,8-13,15-16H2,1H3,(H,28,33,34). The number of hydrogen-bond donors (Lipinski definition) is 1. The summed E-state index contributed by atoms with van der Waals surface area (Å²) in [5.41, 5.74) is 5.23. The third-order valence-electron chi connectivity index (χ3n) is 7.81. The third kappa shape index (κ3) is 3.91. The van der Waals surface area contributed by atoms with E-state index in [0.717, 1.165) is 49.2 Å². The Morgan fingerprint density at radius 1 is 1.03 bits per heavy atom. The maximum Gasteiger partial charge on any atom is 0.255 e. The van der Waals surface area contributed by atoms with E-state index >= 15 is 0 Å². The molecule has 0 saturated carbocycles. The van der Waals surface area contributed by atoms with Gasteiger partial charge in [0.05, 0.1) is 11.2 Å². The number of fused-ring (bicyclic) bond motifs is 2. The lowest BCUT2D eigenvalue weighted by molar-refractivity contribution is -0.136. The van der Waals surface area contributed by atoms with Crippen LogP contribution in [0.4, 0.5) is 0 Å². The van der Waals surface area contributed by atoms with Crippen LogP contribution < -0.4 is 5.32 Å². The van der Waals surface area contributed by atoms with Gasteiger partial charge in [-0.2, -0.15) is 5.10 Å². The summed E-state index contributed by atoms with van der Waals surface area (Å²) in [5, 5.41) is 8.34. The zero-order chi connectivity index (χ0) is 24.1. The Kier molecular flexibility index (Phi) is 5.40. The van der Waals surface area contributed by atoms with Gasteiger partial charge in [-0.05, 0) is 61.5 Å². The minimum absolute atomic E-state index is 0.113. The van der Waals surface area contributed by atoms with Crippen LogP contribution in [0.5, 0.6) is 0 Å². The largest absolute Gasteiger partial charge is 0.322 e. The molecule has 1 atom stereocenters. The summed E-state index contributed by atoms with van der Waals surface area (Å²) in [4.78, 5) is 40.9. The monoisotopic (exact) mass is 471 g/mol. The Labute approximate surface area is 203 Å². The SMILES string of the molecule is Cn1nc(CN2CCC(c3ccc4c(c3)CN(C3CCC(=O)NC3=O)C4=O)CC2)c2ccccc21. The molecule has 6 rings (SSSR count). The van der Waals surface area contributed by atoms with Crippen LogP contribution >= 0.6 is 0 Å². The molecule has 1 N–H and O–H groups in total. The van der Waals surface area contributed by atoms with Gasteiger partial charge in [-0.15, -0.1) is 0 Å². The van der Waals surface area contributed by atoms with Crippen LogP contribution in [0.3, 0.4) is 0 Å². The Balaban J connectivity index is 1.11. The first-order valence-corrected chi connectivity index (χ1v) is 12.4. The average Bonchev–Trinajstić information content (AvgIpc) is 3.36. The molecule has 180 valence electrons. The molecule has 4 heterocycles. The fourth-order valence-electron chi connectivity index (χ4n) is 5.89. The molecule has 3 amide bonds. The summed E-state index contributed by atoms with van der Waals surface area (Å²) in [6.45, 7) is 3.30. The Hall–Kier alpha value is -3.52. The molecular formula is C27H29N5O3. The van der Waals surface area contributed by atoms with Crippen molar-refractivity contribution in [2.45, 2.75) is 50.7 Å². The number of benzene rings is 2. The summed E-state index contributed by atoms with van der Waals surface area (Å²) < 4.78 is 1.96. The first-order valence-electron chi connectivity index (χ1n) is 12.4. The third-order valence-corrected chi connectivity index (χ3v) is 7.81. The highest BCUT2D eigenvalue weighted by atomic mass is 16.2. The highest BCUT2D eigenvalue weighted by Crippen LogP contribution is 2.34. The predicted octanol–water partition coefficient (Wildman–Crippen LogP) is 2.71. The predicted molar refractivity (Wildman–Crippen MR) is 130 cm³/mol. The lowest BCUT2D eigenvalue weighted by atomic mass is 9.88. The van der Waals surface area contributed by atoms with Crippen molar-refractivity contribution >= 4 is 28.6 Å². The van der Waals surface area contributed by atoms with Gasteiger partial charge in [0.25, 0.3) is 5.91 Å². The molecule has 0 bridgehead atoms. The normalized spacial score (nSPS) is 21.6. The number of carbonyl (C=O) groups is 3. The van der Waals surface area contributed by atoms with E-state index in [-0.39, 0.29) is 24.1 Å². The number of hydrogen-bond acceptors (Lipinski definition) is 5. The molecular weight excluding hydrogens is 442 g/mol. The quantitative estimate of drug-likeness (QED) is 0.592. The maximum absolute atomic E-state index is 13.0. The summed E-state index contributed by atoms with van der Waals surface area (Å²) in [5.74, 6) is -0.286. The van der Waals surface area contributed by atoms with Crippen LogP contribution in [0.2, 0.25) is 0 Å². The molecule has 3 aromatic rings. The van der Waals surface area contributed by atoms with Crippen molar-refractivity contribution in [2.75, 3.05) is 13.1 Å². The molecule has 8 heteroatoms. The molecule has 1 aromatic heterocycles. The van der Waals surface area contributed by atoms with Gasteiger partial charge in [0, 0.05) is 37.5 Å². The lowest BCUT2D eigenvalue weighted by Gasteiger charge is -2.32. The molecule has 2 saturated heterocycles. The number of para-hydroxylation sites is 1. The summed E-state index contributed by atoms with van der Waals surface area (Å²) >= 11 is 0. The van der Waals surface area contributed by atoms with Crippen LogP contribution in [0, 0.1) is 0 Å². The Morgan fingerprint density at radius 3 is 2.63 bits per heavy atom. The maximum atomic E-state index is 13.0. The molecule has 1 unspecified atom stereocenters. The zero-order valence-corrected chi connectivity index (χ0v) is 19.9. The van der Waals surface area contributed by atoms with Crippen molar-refractivity contribution in [3.63, 3.8) is 0 Å². The number of likely N-dealkylation sites (tertiary alicyclic amines) is 1. The van der Waals surface area contributed by atoms with E-state index in [1.54, 1.807) is 4.90 Å². The van der Waals surface area contributed by atoms with E-state index in [0.29, 0.717) is 24.4 Å². The number of imide groups is 1. The molecule has 8 nitrogen and oxygen atoms in total. The average molecular weight is 472 g/mol. The van der Waals surface area contributed by atoms with Crippen LogP contribution in [-0.4, -0.2) is 56.4 Å². The van der Waals surface area contributed by atoms with Crippen molar-refractivity contribution in [2.24, 2.45) is 7.05 Å². The molecule has 2 fully saturated rings. The number of carbonyl (C=O) groups excluding carboxylic acids is 3. The van der Waals surface area contributed by atoms with Crippen LogP contribution in [0.15, 0.2) is 42.5 Å². The van der Waals surface area contributed by atoms with Crippen LogP contribution in [-0.2, 0) is 29.7 Å². The summed E-state index contributed by atoms with van der Waals surface area (Å²) in [6.07, 6.45) is 2.79. The van der Waals surface area contributed by atoms with Gasteiger partial charge in [0.1, 0.15) is 6.04 Å². The van der Waals surface area contributed by atoms with Crippen molar-refractivity contribution in [1.82, 2.24) is 24.9 Å². The number of rotatable bonds is 4. The van der Waals surface area contributed by atoms with Crippen molar-refractivity contribution in [3.8, 4) is 0 Å². The molecule has 2 aromatic carbocycles. The first kappa shape index (κ1) is 22.0. The highest BCUT2D eigenvalue weighted by Gasteiger charge is 2.39. The minimum Gasteiger partial charge on any atom is -0.322 e. The lowest BCUT2D eigenvalue weighted by Crippen LogP contribution is -2.52. The van der Waals surface area contributed by atoms with Gasteiger partial charge in [-0.25, -0.2) is 0 Å². The second-order valence-electron chi connectivity index (χ2n) is 9.95. The van der Waals surface area contributed by atoms with Gasteiger partial charge in [-0.3, -0.25) is 29.3 Å². The van der Waals surface area contributed by atoms with Gasteiger partial charge < -0.3 is 4.90 Å². The van der Waals surface area contributed by atoms with Crippen molar-refractivity contribution < 1.29 is 14.4 Å². The Bertz CT molecular complexity index is 1340. The van der Waals surface area contributed by atoms with Crippen LogP contribution in [0.25, 0.3) is 10.9 Å². The minimum atomic E-state index is -0.568. The smallest absolute Gasteiger partial charge is 0.255 e. The van der Waals surface area contributed by atoms with Crippen LogP contribution in [0.1, 0.15) is 58.8 Å². The summed E-state index contributed by atoms with van der Waals surface area (Å²) in [6, 6.07) is 14.0. The van der Waals surface area contributed by atoms with E-state index in [1.807, 2.05) is 23.9 Å². The van der Waals surface area contributed by atoms with E-state index in [4.69, 9.17) is 5.10 Å². The molecule has 35 heavy (non-hydrogen) atoms. The number of aromatic nitrogens is 2. The molecule has 0 aliphatic carbocycles. The molecule has 3 aliphatic heterocycles. The van der Waals surface area contributed by atoms with Gasteiger partial charge >= 0.3 is 0 Å². The fourth-order valence-corrected chi connectivity index (χ4v) is 5.89. The number of piperidine rings is 2. The van der Waals surface area contributed by atoms with E-state index < -0.39 is 6.04 Å². The van der Waals surface area contributed by atoms with Gasteiger partial charge in [0.15, 0.2) is 0 Å². The number of nitrogens with zero attached hydrogens (tertiary/aromatic N) is 4. The fraction of sp³-hybridized carbons (Fsp3) is 0.407. The highest BCUT2D eigenvalue weighted by molar-refractivity contribution is 6.05. The van der Waals surface area contributed by atoms with E-state index in [2.05, 4.69) is 40.5 Å². The topological polar surface area (TPSA) is 87.5 Å². The van der Waals surface area contributed by atoms with Gasteiger partial charge in [-0.1, -0.05) is 30.3 Å². The molecule has 0 spiro atoms. The van der Waals surface area contributed by atoms with Crippen molar-refractivity contribution in [1.29, 1.82) is 0 Å². The second kappa shape index (κ2) is 8.61. The Morgan fingerprint density at radius 2 is 1.83 bits per heavy atom. The second-order valence-corrected chi connectivity index (χ2v) is 9.95.